The van der Waals surface area contributed by atoms with Crippen LogP contribution in [0.15, 0.2) is 29.9 Å². The van der Waals surface area contributed by atoms with Crippen molar-refractivity contribution in [2.24, 2.45) is 5.92 Å². The Bertz CT molecular complexity index is 881. The molecule has 5 nitrogen and oxygen atoms in total. The summed E-state index contributed by atoms with van der Waals surface area (Å²) in [7, 11) is 2.06. The topological polar surface area (TPSA) is 64.0 Å². The van der Waals surface area contributed by atoms with Crippen molar-refractivity contribution < 1.29 is 15.0 Å². The maximum absolute atomic E-state index is 13.6. The highest BCUT2D eigenvalue weighted by atomic mass is 16.3. The van der Waals surface area contributed by atoms with Gasteiger partial charge in [0.2, 0.25) is 0 Å². The number of benzene rings is 1. The molecule has 2 aliphatic rings. The molecule has 0 radical (unpaired) electrons. The van der Waals surface area contributed by atoms with E-state index in [0.717, 1.165) is 56.3 Å². The molecule has 2 N–H and O–H groups in total. The molecule has 1 saturated heterocycles. The summed E-state index contributed by atoms with van der Waals surface area (Å²) in [4.78, 5) is 17.7. The summed E-state index contributed by atoms with van der Waals surface area (Å²) in [6.07, 6.45) is 7.78. The number of hydrogen-bond donors (Lipinski definition) is 2. The third kappa shape index (κ3) is 5.20. The summed E-state index contributed by atoms with van der Waals surface area (Å²) in [5.41, 5.74) is 3.90. The fourth-order valence-corrected chi connectivity index (χ4v) is 5.13. The molecule has 32 heavy (non-hydrogen) atoms. The van der Waals surface area contributed by atoms with Gasteiger partial charge in [-0.2, -0.15) is 0 Å². The number of hydrogen-bond acceptors (Lipinski definition) is 4. The Morgan fingerprint density at radius 3 is 2.50 bits per heavy atom. The number of piperazine rings is 1. The molecular weight excluding hydrogens is 400 g/mol. The number of amides is 1. The van der Waals surface area contributed by atoms with Crippen LogP contribution in [0.4, 0.5) is 0 Å². The molecular formula is C27H40N2O3. The molecule has 2 atom stereocenters. The number of rotatable bonds is 7. The van der Waals surface area contributed by atoms with Gasteiger partial charge in [0.1, 0.15) is 11.5 Å². The molecule has 0 bridgehead atoms. The molecule has 3 rings (SSSR count). The van der Waals surface area contributed by atoms with Crippen LogP contribution < -0.4 is 0 Å². The first-order valence-electron chi connectivity index (χ1n) is 12.1. The molecule has 176 valence electrons. The normalized spacial score (nSPS) is 22.0. The summed E-state index contributed by atoms with van der Waals surface area (Å²) in [6, 6.07) is 1.74. The maximum Gasteiger partial charge on any atom is 0.257 e. The molecule has 2 unspecified atom stereocenters. The van der Waals surface area contributed by atoms with Crippen molar-refractivity contribution in [1.29, 1.82) is 0 Å². The Hall–Kier alpha value is -2.27. The van der Waals surface area contributed by atoms with Crippen molar-refractivity contribution in [3.63, 3.8) is 0 Å². The summed E-state index contributed by atoms with van der Waals surface area (Å²) in [6.45, 7) is 13.4. The lowest BCUT2D eigenvalue weighted by Gasteiger charge is -2.34. The number of aryl methyl sites for hydroxylation is 1. The second-order valence-corrected chi connectivity index (χ2v) is 9.78. The first-order valence-corrected chi connectivity index (χ1v) is 12.1. The third-order valence-corrected chi connectivity index (χ3v) is 7.17. The van der Waals surface area contributed by atoms with E-state index in [1.165, 1.54) is 5.57 Å². The number of aromatic hydroxyl groups is 2. The van der Waals surface area contributed by atoms with Gasteiger partial charge in [0.15, 0.2) is 0 Å². The second-order valence-electron chi connectivity index (χ2n) is 9.78. The van der Waals surface area contributed by atoms with Gasteiger partial charge in [-0.05, 0) is 64.1 Å². The van der Waals surface area contributed by atoms with Crippen molar-refractivity contribution in [3.05, 3.63) is 46.6 Å². The van der Waals surface area contributed by atoms with E-state index >= 15 is 0 Å². The second kappa shape index (κ2) is 10.6. The van der Waals surface area contributed by atoms with Crippen molar-refractivity contribution in [3.8, 4) is 11.5 Å². The van der Waals surface area contributed by atoms with E-state index in [1.807, 2.05) is 11.8 Å². The van der Waals surface area contributed by atoms with Crippen molar-refractivity contribution in [2.75, 3.05) is 33.2 Å². The first-order chi connectivity index (χ1) is 15.2. The molecule has 1 aromatic rings. The van der Waals surface area contributed by atoms with Crippen LogP contribution in [0.25, 0.3) is 0 Å². The number of phenolic OH excluding ortho intramolecular Hbond substituents is 2. The minimum Gasteiger partial charge on any atom is -0.507 e. The Labute approximate surface area is 193 Å². The standard InChI is InChI=1S/C27H40N2O3/c1-6-7-8-9-20-17-23(30)25(22-16-19(4)10-11-21(22)18(2)3)26(31)24(20)27(32)29-14-12-28(5)13-15-29/h16-17,21-22,30-31H,2,6-15H2,1,3-5H3. The average molecular weight is 441 g/mol. The lowest BCUT2D eigenvalue weighted by atomic mass is 9.73. The molecule has 1 heterocycles. The van der Waals surface area contributed by atoms with Crippen molar-refractivity contribution in [1.82, 2.24) is 9.80 Å². The van der Waals surface area contributed by atoms with E-state index in [4.69, 9.17) is 0 Å². The number of phenols is 2. The molecule has 0 spiro atoms. The fraction of sp³-hybridized carbons (Fsp3) is 0.593. The molecule has 1 fully saturated rings. The van der Waals surface area contributed by atoms with E-state index in [-0.39, 0.29) is 29.2 Å². The van der Waals surface area contributed by atoms with Crippen molar-refractivity contribution in [2.45, 2.75) is 65.2 Å². The number of unbranched alkanes of at least 4 members (excludes halogenated alkanes) is 2. The van der Waals surface area contributed by atoms with Gasteiger partial charge >= 0.3 is 0 Å². The summed E-state index contributed by atoms with van der Waals surface area (Å²) in [5.74, 6) is -0.113. The van der Waals surface area contributed by atoms with Crippen LogP contribution in [-0.2, 0) is 6.42 Å². The van der Waals surface area contributed by atoms with Crippen LogP contribution in [0.3, 0.4) is 0 Å². The molecule has 1 aliphatic carbocycles. The zero-order valence-corrected chi connectivity index (χ0v) is 20.3. The molecule has 1 aromatic carbocycles. The number of carbonyl (C=O) groups is 1. The summed E-state index contributed by atoms with van der Waals surface area (Å²) < 4.78 is 0. The molecule has 0 aromatic heterocycles. The van der Waals surface area contributed by atoms with E-state index in [2.05, 4.69) is 38.5 Å². The van der Waals surface area contributed by atoms with E-state index in [1.54, 1.807) is 6.07 Å². The number of allylic oxidation sites excluding steroid dienone is 3. The van der Waals surface area contributed by atoms with Crippen molar-refractivity contribution >= 4 is 5.91 Å². The van der Waals surface area contributed by atoms with E-state index in [0.29, 0.717) is 30.6 Å². The van der Waals surface area contributed by atoms with Gasteiger partial charge in [0.05, 0.1) is 5.56 Å². The monoisotopic (exact) mass is 440 g/mol. The highest BCUT2D eigenvalue weighted by molar-refractivity contribution is 5.99. The van der Waals surface area contributed by atoms with E-state index in [9.17, 15) is 15.0 Å². The lowest BCUT2D eigenvalue weighted by Crippen LogP contribution is -2.47. The van der Waals surface area contributed by atoms with Gasteiger partial charge in [0, 0.05) is 37.7 Å². The van der Waals surface area contributed by atoms with Gasteiger partial charge < -0.3 is 20.0 Å². The van der Waals surface area contributed by atoms with Gasteiger partial charge in [-0.3, -0.25) is 4.79 Å². The SMILES string of the molecule is C=C(C)C1CCC(C)=CC1c1c(O)cc(CCCCC)c(C(=O)N2CCN(C)CC2)c1O. The number of carbonyl (C=O) groups excluding carboxylic acids is 1. The summed E-state index contributed by atoms with van der Waals surface area (Å²) >= 11 is 0. The zero-order chi connectivity index (χ0) is 23.4. The van der Waals surface area contributed by atoms with E-state index < -0.39 is 0 Å². The summed E-state index contributed by atoms with van der Waals surface area (Å²) in [5, 5.41) is 22.6. The Balaban J connectivity index is 2.09. The third-order valence-electron chi connectivity index (χ3n) is 7.17. The smallest absolute Gasteiger partial charge is 0.257 e. The Kier molecular flexibility index (Phi) is 8.05. The van der Waals surface area contributed by atoms with Crippen LogP contribution >= 0.6 is 0 Å². The van der Waals surface area contributed by atoms with Gasteiger partial charge in [-0.15, -0.1) is 0 Å². The highest BCUT2D eigenvalue weighted by Crippen LogP contribution is 2.48. The molecule has 5 heteroatoms. The van der Waals surface area contributed by atoms with Crippen LogP contribution in [0.2, 0.25) is 0 Å². The molecule has 0 saturated carbocycles. The van der Waals surface area contributed by atoms with Crippen LogP contribution in [0.1, 0.15) is 80.3 Å². The van der Waals surface area contributed by atoms with Crippen LogP contribution in [-0.4, -0.2) is 59.1 Å². The minimum atomic E-state index is -0.176. The van der Waals surface area contributed by atoms with Gasteiger partial charge in [-0.25, -0.2) is 0 Å². The average Bonchev–Trinajstić information content (AvgIpc) is 2.74. The minimum absolute atomic E-state index is 0.0392. The fourth-order valence-electron chi connectivity index (χ4n) is 5.13. The van der Waals surface area contributed by atoms with Gasteiger partial charge in [-0.1, -0.05) is 43.6 Å². The largest absolute Gasteiger partial charge is 0.507 e. The first kappa shape index (κ1) is 24.4. The van der Waals surface area contributed by atoms with Crippen LogP contribution in [0.5, 0.6) is 11.5 Å². The lowest BCUT2D eigenvalue weighted by molar-refractivity contribution is 0.0659. The van der Waals surface area contributed by atoms with Gasteiger partial charge in [0.25, 0.3) is 5.91 Å². The predicted octanol–water partition coefficient (Wildman–Crippen LogP) is 5.23. The quantitative estimate of drug-likeness (QED) is 0.450. The maximum atomic E-state index is 13.6. The number of likely N-dealkylation sites (N-methyl/N-ethyl adjacent to an activating group) is 1. The van der Waals surface area contributed by atoms with Crippen LogP contribution in [0, 0.1) is 5.92 Å². The highest BCUT2D eigenvalue weighted by Gasteiger charge is 2.34. The number of nitrogens with zero attached hydrogens (tertiary/aromatic N) is 2. The molecule has 1 aliphatic heterocycles. The zero-order valence-electron chi connectivity index (χ0n) is 20.3. The Morgan fingerprint density at radius 1 is 1.19 bits per heavy atom. The molecule has 1 amide bonds. The Morgan fingerprint density at radius 2 is 1.88 bits per heavy atom. The predicted molar refractivity (Wildman–Crippen MR) is 130 cm³/mol.